The molecule has 0 aliphatic rings. The summed E-state index contributed by atoms with van der Waals surface area (Å²) in [5.41, 5.74) is 7.97. The molecule has 2 atom stereocenters. The summed E-state index contributed by atoms with van der Waals surface area (Å²) in [6.45, 7) is 5.91. The van der Waals surface area contributed by atoms with Gasteiger partial charge >= 0.3 is 0 Å². The van der Waals surface area contributed by atoms with Crippen LogP contribution in [0.15, 0.2) is 24.3 Å². The molecule has 3 N–H and O–H groups in total. The molecule has 1 aromatic carbocycles. The maximum absolute atomic E-state index is 11.6. The van der Waals surface area contributed by atoms with Crippen molar-refractivity contribution < 1.29 is 4.79 Å². The van der Waals surface area contributed by atoms with Gasteiger partial charge in [0, 0.05) is 0 Å². The zero-order valence-electron chi connectivity index (χ0n) is 10.2. The van der Waals surface area contributed by atoms with E-state index in [2.05, 4.69) is 5.32 Å². The van der Waals surface area contributed by atoms with Crippen molar-refractivity contribution in [1.82, 2.24) is 5.32 Å². The first-order valence-corrected chi connectivity index (χ1v) is 5.67. The number of carbonyl (C=O) groups is 1. The second-order valence-electron chi connectivity index (χ2n) is 4.16. The minimum absolute atomic E-state index is 0.00528. The standard InChI is InChI=1S/C13H20N2O/c1-4-12(14)13(16)15-10(3)11-7-5-9(2)6-8-11/h5-8,10,12H,4,14H2,1-3H3,(H,15,16). The van der Waals surface area contributed by atoms with Gasteiger partial charge in [-0.15, -0.1) is 0 Å². The van der Waals surface area contributed by atoms with Crippen LogP contribution in [-0.2, 0) is 4.79 Å². The minimum Gasteiger partial charge on any atom is -0.348 e. The molecule has 0 saturated heterocycles. The Balaban J connectivity index is 2.62. The topological polar surface area (TPSA) is 55.1 Å². The first-order valence-electron chi connectivity index (χ1n) is 5.67. The van der Waals surface area contributed by atoms with Crippen molar-refractivity contribution in [2.45, 2.75) is 39.3 Å². The number of hydrogen-bond acceptors (Lipinski definition) is 2. The molecule has 3 nitrogen and oxygen atoms in total. The van der Waals surface area contributed by atoms with Crippen molar-refractivity contribution in [3.8, 4) is 0 Å². The van der Waals surface area contributed by atoms with E-state index in [9.17, 15) is 4.79 Å². The van der Waals surface area contributed by atoms with Crippen LogP contribution in [0.5, 0.6) is 0 Å². The van der Waals surface area contributed by atoms with Crippen molar-refractivity contribution in [3.63, 3.8) is 0 Å². The number of aryl methyl sites for hydroxylation is 1. The Labute approximate surface area is 97.0 Å². The van der Waals surface area contributed by atoms with Crippen LogP contribution in [0.25, 0.3) is 0 Å². The largest absolute Gasteiger partial charge is 0.348 e. The van der Waals surface area contributed by atoms with Crippen LogP contribution >= 0.6 is 0 Å². The molecule has 0 aliphatic carbocycles. The fourth-order valence-electron chi connectivity index (χ4n) is 1.44. The first-order chi connectivity index (χ1) is 7.54. The van der Waals surface area contributed by atoms with E-state index in [4.69, 9.17) is 5.73 Å². The van der Waals surface area contributed by atoms with Crippen molar-refractivity contribution in [3.05, 3.63) is 35.4 Å². The van der Waals surface area contributed by atoms with Gasteiger partial charge in [-0.2, -0.15) is 0 Å². The Morgan fingerprint density at radius 1 is 1.38 bits per heavy atom. The maximum Gasteiger partial charge on any atom is 0.237 e. The van der Waals surface area contributed by atoms with Gasteiger partial charge in [-0.1, -0.05) is 36.8 Å². The predicted molar refractivity (Wildman–Crippen MR) is 66.0 cm³/mol. The van der Waals surface area contributed by atoms with E-state index in [1.807, 2.05) is 45.0 Å². The third-order valence-corrected chi connectivity index (χ3v) is 2.71. The summed E-state index contributed by atoms with van der Waals surface area (Å²) in [6, 6.07) is 7.73. The summed E-state index contributed by atoms with van der Waals surface area (Å²) in [5, 5.41) is 2.90. The molecule has 0 bridgehead atoms. The second-order valence-corrected chi connectivity index (χ2v) is 4.16. The van der Waals surface area contributed by atoms with Gasteiger partial charge in [0.05, 0.1) is 12.1 Å². The quantitative estimate of drug-likeness (QED) is 0.814. The summed E-state index contributed by atoms with van der Waals surface area (Å²) in [4.78, 5) is 11.6. The molecule has 0 saturated carbocycles. The third kappa shape index (κ3) is 3.35. The molecule has 88 valence electrons. The van der Waals surface area contributed by atoms with E-state index in [-0.39, 0.29) is 11.9 Å². The molecule has 0 fully saturated rings. The molecule has 16 heavy (non-hydrogen) atoms. The first kappa shape index (κ1) is 12.7. The SMILES string of the molecule is CCC(N)C(=O)NC(C)c1ccc(C)cc1. The third-order valence-electron chi connectivity index (χ3n) is 2.71. The van der Waals surface area contributed by atoms with Crippen LogP contribution in [0, 0.1) is 6.92 Å². The Bertz CT molecular complexity index is 345. The molecule has 1 rings (SSSR count). The van der Waals surface area contributed by atoms with E-state index in [0.29, 0.717) is 6.42 Å². The van der Waals surface area contributed by atoms with Crippen LogP contribution in [0.2, 0.25) is 0 Å². The van der Waals surface area contributed by atoms with Crippen LogP contribution in [-0.4, -0.2) is 11.9 Å². The van der Waals surface area contributed by atoms with Crippen molar-refractivity contribution in [2.75, 3.05) is 0 Å². The summed E-state index contributed by atoms with van der Waals surface area (Å²) in [6.07, 6.45) is 0.659. The molecule has 0 aliphatic heterocycles. The number of amides is 1. The fraction of sp³-hybridized carbons (Fsp3) is 0.462. The number of hydrogen-bond donors (Lipinski definition) is 2. The van der Waals surface area contributed by atoms with Gasteiger partial charge in [0.2, 0.25) is 5.91 Å². The molecule has 0 radical (unpaired) electrons. The molecule has 0 heterocycles. The summed E-state index contributed by atoms with van der Waals surface area (Å²) < 4.78 is 0. The normalized spacial score (nSPS) is 14.2. The lowest BCUT2D eigenvalue weighted by atomic mass is 10.1. The number of carbonyl (C=O) groups excluding carboxylic acids is 1. The minimum atomic E-state index is -0.409. The highest BCUT2D eigenvalue weighted by atomic mass is 16.2. The number of nitrogens with two attached hydrogens (primary N) is 1. The van der Waals surface area contributed by atoms with Crippen LogP contribution in [0.1, 0.15) is 37.4 Å². The van der Waals surface area contributed by atoms with Gasteiger partial charge in [0.1, 0.15) is 0 Å². The summed E-state index contributed by atoms with van der Waals surface area (Å²) >= 11 is 0. The molecule has 0 aromatic heterocycles. The molecule has 0 spiro atoms. The molecule has 1 aromatic rings. The number of rotatable bonds is 4. The van der Waals surface area contributed by atoms with E-state index in [1.54, 1.807) is 0 Å². The van der Waals surface area contributed by atoms with Crippen molar-refractivity contribution >= 4 is 5.91 Å². The molecule has 1 amide bonds. The monoisotopic (exact) mass is 220 g/mol. The van der Waals surface area contributed by atoms with Gasteiger partial charge in [0.25, 0.3) is 0 Å². The Morgan fingerprint density at radius 2 is 1.94 bits per heavy atom. The van der Waals surface area contributed by atoms with Crippen molar-refractivity contribution in [2.24, 2.45) is 5.73 Å². The Kier molecular flexibility index (Phi) is 4.50. The van der Waals surface area contributed by atoms with Gasteiger partial charge in [-0.25, -0.2) is 0 Å². The highest BCUT2D eigenvalue weighted by molar-refractivity contribution is 5.81. The van der Waals surface area contributed by atoms with Gasteiger partial charge in [-0.3, -0.25) is 4.79 Å². The maximum atomic E-state index is 11.6. The average Bonchev–Trinajstić information content (AvgIpc) is 2.28. The zero-order chi connectivity index (χ0) is 12.1. The van der Waals surface area contributed by atoms with Crippen LogP contribution in [0.3, 0.4) is 0 Å². The second kappa shape index (κ2) is 5.66. The van der Waals surface area contributed by atoms with Crippen LogP contribution in [0.4, 0.5) is 0 Å². The number of benzene rings is 1. The Morgan fingerprint density at radius 3 is 2.44 bits per heavy atom. The predicted octanol–water partition coefficient (Wildman–Crippen LogP) is 1.91. The smallest absolute Gasteiger partial charge is 0.237 e. The fourth-order valence-corrected chi connectivity index (χ4v) is 1.44. The molecular weight excluding hydrogens is 200 g/mol. The zero-order valence-corrected chi connectivity index (χ0v) is 10.2. The Hall–Kier alpha value is -1.35. The molecule has 2 unspecified atom stereocenters. The molecular formula is C13H20N2O. The van der Waals surface area contributed by atoms with Crippen LogP contribution < -0.4 is 11.1 Å². The van der Waals surface area contributed by atoms with E-state index >= 15 is 0 Å². The lowest BCUT2D eigenvalue weighted by molar-refractivity contribution is -0.123. The van der Waals surface area contributed by atoms with E-state index in [1.165, 1.54) is 5.56 Å². The highest BCUT2D eigenvalue weighted by Crippen LogP contribution is 2.13. The van der Waals surface area contributed by atoms with Gasteiger partial charge in [-0.05, 0) is 25.8 Å². The summed E-state index contributed by atoms with van der Waals surface area (Å²) in [5.74, 6) is -0.0874. The average molecular weight is 220 g/mol. The highest BCUT2D eigenvalue weighted by Gasteiger charge is 2.14. The number of nitrogens with one attached hydrogen (secondary N) is 1. The van der Waals surface area contributed by atoms with Gasteiger partial charge in [0.15, 0.2) is 0 Å². The lowest BCUT2D eigenvalue weighted by Gasteiger charge is -2.17. The van der Waals surface area contributed by atoms with Gasteiger partial charge < -0.3 is 11.1 Å². The lowest BCUT2D eigenvalue weighted by Crippen LogP contribution is -2.41. The van der Waals surface area contributed by atoms with Crippen molar-refractivity contribution in [1.29, 1.82) is 0 Å². The van der Waals surface area contributed by atoms with E-state index in [0.717, 1.165) is 5.56 Å². The van der Waals surface area contributed by atoms with E-state index < -0.39 is 6.04 Å². The summed E-state index contributed by atoms with van der Waals surface area (Å²) in [7, 11) is 0. The molecule has 3 heteroatoms.